The van der Waals surface area contributed by atoms with Gasteiger partial charge in [-0.25, -0.2) is 0 Å². The van der Waals surface area contributed by atoms with Crippen molar-refractivity contribution in [1.29, 1.82) is 0 Å². The van der Waals surface area contributed by atoms with Crippen LogP contribution in [0.15, 0.2) is 30.3 Å². The van der Waals surface area contributed by atoms with Gasteiger partial charge in [0.15, 0.2) is 0 Å². The smallest absolute Gasteiger partial charge is 0.316 e. The van der Waals surface area contributed by atoms with Crippen LogP contribution in [0.4, 0.5) is 13.2 Å². The lowest BCUT2D eigenvalue weighted by Crippen LogP contribution is -2.28. The highest BCUT2D eigenvalue weighted by molar-refractivity contribution is 5.85. The van der Waals surface area contributed by atoms with Crippen molar-refractivity contribution in [2.45, 2.75) is 12.2 Å². The van der Waals surface area contributed by atoms with Crippen LogP contribution in [0.3, 0.4) is 0 Å². The van der Waals surface area contributed by atoms with Gasteiger partial charge >= 0.3 is 6.18 Å². The second kappa shape index (κ2) is 4.48. The zero-order chi connectivity index (χ0) is 9.19. The minimum Gasteiger partial charge on any atom is -0.316 e. The van der Waals surface area contributed by atoms with Gasteiger partial charge in [-0.15, -0.1) is 12.4 Å². The molecule has 1 atom stereocenters. The fourth-order valence-corrected chi connectivity index (χ4v) is 0.849. The number of hydrogen-bond acceptors (Lipinski definition) is 1. The summed E-state index contributed by atoms with van der Waals surface area (Å²) < 4.78 is 36.0. The molecule has 1 unspecified atom stereocenters. The van der Waals surface area contributed by atoms with Crippen molar-refractivity contribution in [3.8, 4) is 0 Å². The summed E-state index contributed by atoms with van der Waals surface area (Å²) in [5.74, 6) is 0. The normalized spacial score (nSPS) is 13.2. The van der Waals surface area contributed by atoms with Crippen LogP contribution >= 0.6 is 12.4 Å². The zero-order valence-electron chi connectivity index (χ0n) is 6.58. The van der Waals surface area contributed by atoms with Crippen LogP contribution in [0.2, 0.25) is 0 Å². The maximum atomic E-state index is 12.0. The highest BCUT2D eigenvalue weighted by Gasteiger charge is 2.37. The first kappa shape index (κ1) is 12.3. The molecule has 13 heavy (non-hydrogen) atoms. The average molecular weight is 212 g/mol. The Kier molecular flexibility index (Phi) is 4.23. The molecule has 0 saturated heterocycles. The Labute approximate surface area is 80.2 Å². The SMILES string of the molecule is Cl.NC(c1ccccc1)C(F)(F)F. The van der Waals surface area contributed by atoms with Gasteiger partial charge in [0, 0.05) is 0 Å². The molecule has 0 amide bonds. The number of alkyl halides is 3. The fraction of sp³-hybridized carbons (Fsp3) is 0.250. The van der Waals surface area contributed by atoms with E-state index in [-0.39, 0.29) is 18.0 Å². The number of halogens is 4. The van der Waals surface area contributed by atoms with Crippen LogP contribution in [0, 0.1) is 0 Å². The Morgan fingerprint density at radius 1 is 1.08 bits per heavy atom. The molecule has 0 aliphatic heterocycles. The average Bonchev–Trinajstić information content (AvgIpc) is 2.03. The van der Waals surface area contributed by atoms with Gasteiger partial charge in [-0.05, 0) is 5.56 Å². The number of hydrogen-bond donors (Lipinski definition) is 1. The standard InChI is InChI=1S/C8H8F3N.ClH/c9-8(10,11)7(12)6-4-2-1-3-5-6;/h1-5,7H,12H2;1H. The summed E-state index contributed by atoms with van der Waals surface area (Å²) in [4.78, 5) is 0. The van der Waals surface area contributed by atoms with Crippen LogP contribution in [-0.2, 0) is 0 Å². The first-order chi connectivity index (χ1) is 5.52. The third-order valence-electron chi connectivity index (χ3n) is 1.51. The Hall–Kier alpha value is -0.740. The molecular formula is C8H9ClF3N. The molecule has 1 rings (SSSR count). The van der Waals surface area contributed by atoms with Gasteiger partial charge in [-0.3, -0.25) is 0 Å². The van der Waals surface area contributed by atoms with E-state index in [0.717, 1.165) is 0 Å². The van der Waals surface area contributed by atoms with Crippen molar-refractivity contribution in [3.63, 3.8) is 0 Å². The predicted octanol–water partition coefficient (Wildman–Crippen LogP) is 2.67. The van der Waals surface area contributed by atoms with Gasteiger partial charge in [0.2, 0.25) is 0 Å². The Balaban J connectivity index is 0.00000144. The Bertz CT molecular complexity index is 247. The third kappa shape index (κ3) is 3.24. The lowest BCUT2D eigenvalue weighted by atomic mass is 10.1. The summed E-state index contributed by atoms with van der Waals surface area (Å²) in [6.45, 7) is 0. The van der Waals surface area contributed by atoms with E-state index in [1.807, 2.05) is 0 Å². The molecule has 74 valence electrons. The topological polar surface area (TPSA) is 26.0 Å². The first-order valence-corrected chi connectivity index (χ1v) is 3.39. The third-order valence-corrected chi connectivity index (χ3v) is 1.51. The van der Waals surface area contributed by atoms with Crippen LogP contribution in [0.25, 0.3) is 0 Å². The molecule has 0 spiro atoms. The largest absolute Gasteiger partial charge is 0.407 e. The fourth-order valence-electron chi connectivity index (χ4n) is 0.849. The molecule has 0 aromatic heterocycles. The van der Waals surface area contributed by atoms with E-state index in [1.54, 1.807) is 6.07 Å². The molecule has 0 radical (unpaired) electrons. The van der Waals surface area contributed by atoms with Crippen LogP contribution in [-0.4, -0.2) is 6.18 Å². The van der Waals surface area contributed by atoms with E-state index in [2.05, 4.69) is 0 Å². The minimum absolute atomic E-state index is 0. The van der Waals surface area contributed by atoms with E-state index >= 15 is 0 Å². The molecule has 0 aliphatic rings. The zero-order valence-corrected chi connectivity index (χ0v) is 7.40. The lowest BCUT2D eigenvalue weighted by Gasteiger charge is -2.15. The molecule has 2 N–H and O–H groups in total. The molecule has 1 aromatic carbocycles. The molecule has 1 nitrogen and oxygen atoms in total. The van der Waals surface area contributed by atoms with Gasteiger partial charge in [0.1, 0.15) is 6.04 Å². The molecule has 0 fully saturated rings. The van der Waals surface area contributed by atoms with Crippen molar-refractivity contribution in [1.82, 2.24) is 0 Å². The van der Waals surface area contributed by atoms with Crippen molar-refractivity contribution in [2.24, 2.45) is 5.73 Å². The molecule has 1 aromatic rings. The van der Waals surface area contributed by atoms with Gasteiger partial charge in [-0.1, -0.05) is 30.3 Å². The lowest BCUT2D eigenvalue weighted by molar-refractivity contribution is -0.149. The van der Waals surface area contributed by atoms with E-state index in [0.29, 0.717) is 0 Å². The van der Waals surface area contributed by atoms with Crippen LogP contribution < -0.4 is 5.73 Å². The quantitative estimate of drug-likeness (QED) is 0.760. The second-order valence-corrected chi connectivity index (χ2v) is 2.43. The van der Waals surface area contributed by atoms with Crippen LogP contribution in [0.1, 0.15) is 11.6 Å². The van der Waals surface area contributed by atoms with E-state index in [9.17, 15) is 13.2 Å². The van der Waals surface area contributed by atoms with Crippen molar-refractivity contribution >= 4 is 12.4 Å². The maximum absolute atomic E-state index is 12.0. The van der Waals surface area contributed by atoms with E-state index < -0.39 is 12.2 Å². The molecule has 0 bridgehead atoms. The summed E-state index contributed by atoms with van der Waals surface area (Å²) in [7, 11) is 0. The highest BCUT2D eigenvalue weighted by Crippen LogP contribution is 2.29. The summed E-state index contributed by atoms with van der Waals surface area (Å²) in [5.41, 5.74) is 5.04. The monoisotopic (exact) mass is 211 g/mol. The molecule has 0 saturated carbocycles. The van der Waals surface area contributed by atoms with Crippen LogP contribution in [0.5, 0.6) is 0 Å². The number of nitrogens with two attached hydrogens (primary N) is 1. The minimum atomic E-state index is -4.36. The van der Waals surface area contributed by atoms with Crippen molar-refractivity contribution in [3.05, 3.63) is 35.9 Å². The predicted molar refractivity (Wildman–Crippen MR) is 46.7 cm³/mol. The highest BCUT2D eigenvalue weighted by atomic mass is 35.5. The Morgan fingerprint density at radius 2 is 1.54 bits per heavy atom. The molecular weight excluding hydrogens is 203 g/mol. The number of benzene rings is 1. The molecule has 0 aliphatic carbocycles. The first-order valence-electron chi connectivity index (χ1n) is 3.39. The van der Waals surface area contributed by atoms with E-state index in [4.69, 9.17) is 5.73 Å². The summed E-state index contributed by atoms with van der Waals surface area (Å²) in [6.07, 6.45) is -4.36. The summed E-state index contributed by atoms with van der Waals surface area (Å²) in [5, 5.41) is 0. The van der Waals surface area contributed by atoms with Crippen molar-refractivity contribution < 1.29 is 13.2 Å². The maximum Gasteiger partial charge on any atom is 0.407 e. The number of rotatable bonds is 1. The summed E-state index contributed by atoms with van der Waals surface area (Å²) in [6, 6.07) is 5.55. The molecule has 5 heteroatoms. The van der Waals surface area contributed by atoms with Gasteiger partial charge in [-0.2, -0.15) is 13.2 Å². The Morgan fingerprint density at radius 3 is 1.92 bits per heavy atom. The van der Waals surface area contributed by atoms with Gasteiger partial charge in [0.05, 0.1) is 0 Å². The van der Waals surface area contributed by atoms with Gasteiger partial charge in [0.25, 0.3) is 0 Å². The second-order valence-electron chi connectivity index (χ2n) is 2.43. The van der Waals surface area contributed by atoms with E-state index in [1.165, 1.54) is 24.3 Å². The molecule has 0 heterocycles. The van der Waals surface area contributed by atoms with Crippen molar-refractivity contribution in [2.75, 3.05) is 0 Å². The van der Waals surface area contributed by atoms with Gasteiger partial charge < -0.3 is 5.73 Å². The summed E-state index contributed by atoms with van der Waals surface area (Å²) >= 11 is 0.